The topological polar surface area (TPSA) is 43.4 Å². The summed E-state index contributed by atoms with van der Waals surface area (Å²) >= 11 is 0. The summed E-state index contributed by atoms with van der Waals surface area (Å²) in [4.78, 5) is 0. The van der Waals surface area contributed by atoms with Crippen LogP contribution in [0.4, 0.5) is 4.39 Å². The van der Waals surface area contributed by atoms with Gasteiger partial charge in [0.15, 0.2) is 9.84 Å². The summed E-state index contributed by atoms with van der Waals surface area (Å²) in [5.41, 5.74) is 0. The van der Waals surface area contributed by atoms with Crippen molar-refractivity contribution in [1.82, 2.24) is 0 Å². The third kappa shape index (κ3) is 2.94. The second-order valence-electron chi connectivity index (χ2n) is 4.65. The molecule has 1 atom stereocenters. The van der Waals surface area contributed by atoms with Gasteiger partial charge in [0.05, 0.1) is 11.9 Å². The van der Waals surface area contributed by atoms with Crippen LogP contribution in [0.25, 0.3) is 0 Å². The van der Waals surface area contributed by atoms with Crippen molar-refractivity contribution in [3.8, 4) is 0 Å². The van der Waals surface area contributed by atoms with Crippen LogP contribution < -0.4 is 0 Å². The van der Waals surface area contributed by atoms with Crippen molar-refractivity contribution >= 4 is 9.84 Å². The Morgan fingerprint density at radius 2 is 1.88 bits per heavy atom. The first kappa shape index (κ1) is 13.9. The lowest BCUT2D eigenvalue weighted by molar-refractivity contribution is 0.149. The summed E-state index contributed by atoms with van der Waals surface area (Å²) in [7, 11) is -2.23. The van der Waals surface area contributed by atoms with E-state index in [2.05, 4.69) is 0 Å². The van der Waals surface area contributed by atoms with E-state index in [0.29, 0.717) is 12.8 Å². The Labute approximate surface area is 97.3 Å². The Morgan fingerprint density at radius 3 is 2.38 bits per heavy atom. The maximum Gasteiger partial charge on any atom is 0.210 e. The smallest absolute Gasteiger partial charge is 0.210 e. The van der Waals surface area contributed by atoms with Gasteiger partial charge in [-0.15, -0.1) is 0 Å². The van der Waals surface area contributed by atoms with Gasteiger partial charge in [-0.25, -0.2) is 12.8 Å². The summed E-state index contributed by atoms with van der Waals surface area (Å²) < 4.78 is 43.1. The van der Waals surface area contributed by atoms with Gasteiger partial charge in [-0.1, -0.05) is 19.3 Å². The van der Waals surface area contributed by atoms with Crippen molar-refractivity contribution in [2.75, 3.05) is 13.7 Å². The highest BCUT2D eigenvalue weighted by Crippen LogP contribution is 2.34. The number of ether oxygens (including phenoxy) is 1. The highest BCUT2D eigenvalue weighted by atomic mass is 32.2. The largest absolute Gasteiger partial charge is 0.385 e. The lowest BCUT2D eigenvalue weighted by Crippen LogP contribution is -2.40. The zero-order valence-corrected chi connectivity index (χ0v) is 10.9. The Bertz CT molecular complexity index is 305. The summed E-state index contributed by atoms with van der Waals surface area (Å²) in [6.07, 6.45) is 3.98. The van der Waals surface area contributed by atoms with Crippen molar-refractivity contribution in [3.05, 3.63) is 0 Å². The average Bonchev–Trinajstić information content (AvgIpc) is 2.27. The predicted octanol–water partition coefficient (Wildman–Crippen LogP) is 2.46. The quantitative estimate of drug-likeness (QED) is 0.755. The van der Waals surface area contributed by atoms with E-state index in [0.717, 1.165) is 26.2 Å². The molecule has 0 aromatic carbocycles. The fraction of sp³-hybridized carbons (Fsp3) is 1.00. The number of halogens is 1. The van der Waals surface area contributed by atoms with Gasteiger partial charge in [0.1, 0.15) is 0 Å². The highest BCUT2D eigenvalue weighted by Gasteiger charge is 2.44. The molecule has 0 aromatic rings. The van der Waals surface area contributed by atoms with E-state index >= 15 is 0 Å². The lowest BCUT2D eigenvalue weighted by atomic mass is 10.0. The molecule has 0 heterocycles. The minimum atomic E-state index is -3.68. The molecule has 96 valence electrons. The zero-order chi connectivity index (χ0) is 12.2. The van der Waals surface area contributed by atoms with Gasteiger partial charge in [0, 0.05) is 13.5 Å². The molecule has 0 saturated heterocycles. The van der Waals surface area contributed by atoms with Crippen molar-refractivity contribution in [2.24, 2.45) is 0 Å². The molecule has 3 nitrogen and oxygen atoms in total. The Morgan fingerprint density at radius 1 is 1.31 bits per heavy atom. The normalized spacial score (nSPS) is 22.9. The van der Waals surface area contributed by atoms with Gasteiger partial charge in [0.2, 0.25) is 5.00 Å². The molecule has 1 rings (SSSR count). The van der Waals surface area contributed by atoms with Crippen molar-refractivity contribution < 1.29 is 17.5 Å². The molecule has 0 aromatic heterocycles. The molecule has 0 bridgehead atoms. The Balaban J connectivity index is 2.74. The number of alkyl halides is 1. The Hall–Kier alpha value is -0.160. The molecule has 5 heteroatoms. The van der Waals surface area contributed by atoms with Gasteiger partial charge in [-0.2, -0.15) is 0 Å². The van der Waals surface area contributed by atoms with Gasteiger partial charge in [-0.05, 0) is 19.8 Å². The van der Waals surface area contributed by atoms with Crippen molar-refractivity contribution in [1.29, 1.82) is 0 Å². The average molecular weight is 252 g/mol. The first-order chi connectivity index (χ1) is 7.42. The van der Waals surface area contributed by atoms with Crippen molar-refractivity contribution in [3.63, 3.8) is 0 Å². The summed E-state index contributed by atoms with van der Waals surface area (Å²) in [5, 5.41) is -2.64. The Kier molecular flexibility index (Phi) is 4.73. The first-order valence-corrected chi connectivity index (χ1v) is 7.38. The molecule has 0 N–H and O–H groups in total. The van der Waals surface area contributed by atoms with E-state index in [1.165, 1.54) is 7.11 Å². The molecule has 1 aliphatic carbocycles. The molecule has 1 aliphatic rings. The number of sulfone groups is 1. The van der Waals surface area contributed by atoms with E-state index in [1.807, 2.05) is 0 Å². The fourth-order valence-electron chi connectivity index (χ4n) is 2.15. The van der Waals surface area contributed by atoms with E-state index in [-0.39, 0.29) is 13.0 Å². The van der Waals surface area contributed by atoms with Gasteiger partial charge >= 0.3 is 0 Å². The number of hydrogen-bond donors (Lipinski definition) is 0. The summed E-state index contributed by atoms with van der Waals surface area (Å²) in [5.74, 6) is 0. The molecule has 0 amide bonds. The summed E-state index contributed by atoms with van der Waals surface area (Å²) in [6, 6.07) is 0. The van der Waals surface area contributed by atoms with Crippen LogP contribution in [0.2, 0.25) is 0 Å². The molecular weight excluding hydrogens is 231 g/mol. The van der Waals surface area contributed by atoms with Crippen LogP contribution in [0.1, 0.15) is 45.4 Å². The van der Waals surface area contributed by atoms with Crippen LogP contribution in [0.3, 0.4) is 0 Å². The standard InChI is InChI=1S/C11H21FO3S/c1-11(12,8-9-15-2)16(13,14)10-6-4-3-5-7-10/h10H,3-9H2,1-2H3. The van der Waals surface area contributed by atoms with E-state index < -0.39 is 20.1 Å². The molecule has 1 unspecified atom stereocenters. The van der Waals surface area contributed by atoms with E-state index in [1.54, 1.807) is 0 Å². The van der Waals surface area contributed by atoms with Crippen molar-refractivity contribution in [2.45, 2.75) is 55.7 Å². The molecule has 1 fully saturated rings. The first-order valence-electron chi connectivity index (χ1n) is 5.83. The highest BCUT2D eigenvalue weighted by molar-refractivity contribution is 7.93. The van der Waals surface area contributed by atoms with E-state index in [4.69, 9.17) is 4.74 Å². The SMILES string of the molecule is COCCC(C)(F)S(=O)(=O)C1CCCCC1. The molecular formula is C11H21FO3S. The maximum absolute atomic E-state index is 14.2. The van der Waals surface area contributed by atoms with E-state index in [9.17, 15) is 12.8 Å². The number of methoxy groups -OCH3 is 1. The molecule has 0 aliphatic heterocycles. The van der Waals surface area contributed by atoms with Crippen LogP contribution >= 0.6 is 0 Å². The van der Waals surface area contributed by atoms with Gasteiger partial charge in [-0.3, -0.25) is 0 Å². The number of hydrogen-bond acceptors (Lipinski definition) is 3. The summed E-state index contributed by atoms with van der Waals surface area (Å²) in [6.45, 7) is 1.30. The lowest BCUT2D eigenvalue weighted by Gasteiger charge is -2.29. The predicted molar refractivity (Wildman–Crippen MR) is 61.8 cm³/mol. The molecule has 0 spiro atoms. The van der Waals surface area contributed by atoms with Crippen LogP contribution in [0.15, 0.2) is 0 Å². The maximum atomic E-state index is 14.2. The van der Waals surface area contributed by atoms with Crippen LogP contribution in [0.5, 0.6) is 0 Å². The molecule has 16 heavy (non-hydrogen) atoms. The second-order valence-corrected chi connectivity index (χ2v) is 7.26. The minimum absolute atomic E-state index is 0.0810. The van der Waals surface area contributed by atoms with Crippen LogP contribution in [-0.2, 0) is 14.6 Å². The number of rotatable bonds is 5. The second kappa shape index (κ2) is 5.45. The fourth-order valence-corrected chi connectivity index (χ4v) is 4.17. The van der Waals surface area contributed by atoms with Gasteiger partial charge < -0.3 is 4.74 Å². The van der Waals surface area contributed by atoms with Crippen LogP contribution in [0, 0.1) is 0 Å². The third-order valence-corrected chi connectivity index (χ3v) is 6.08. The molecule has 1 saturated carbocycles. The molecule has 0 radical (unpaired) electrons. The third-order valence-electron chi connectivity index (χ3n) is 3.34. The minimum Gasteiger partial charge on any atom is -0.385 e. The van der Waals surface area contributed by atoms with Gasteiger partial charge in [0.25, 0.3) is 0 Å². The van der Waals surface area contributed by atoms with Crippen LogP contribution in [-0.4, -0.2) is 32.4 Å². The monoisotopic (exact) mass is 252 g/mol. The zero-order valence-electron chi connectivity index (χ0n) is 10.0.